The van der Waals surface area contributed by atoms with Gasteiger partial charge in [-0.3, -0.25) is 14.4 Å². The number of ketones is 1. The third-order valence-corrected chi connectivity index (χ3v) is 6.86. The lowest BCUT2D eigenvalue weighted by molar-refractivity contribution is -0.138. The van der Waals surface area contributed by atoms with Gasteiger partial charge >= 0.3 is 12.0 Å². The number of carbonyl (C=O) groups excluding carboxylic acids is 3. The minimum Gasteiger partial charge on any atom is -0.481 e. The number of carboxylic acid groups (broad SMARTS) is 1. The maximum Gasteiger partial charge on any atom is 0.316 e. The van der Waals surface area contributed by atoms with Crippen LogP contribution >= 0.6 is 22.7 Å². The summed E-state index contributed by atoms with van der Waals surface area (Å²) in [6.07, 6.45) is 0.959. The number of likely N-dealkylation sites (N-methyl/N-ethyl adjacent to an activating group) is 1. The third-order valence-electron chi connectivity index (χ3n) is 4.78. The van der Waals surface area contributed by atoms with Gasteiger partial charge in [-0.05, 0) is 42.3 Å². The van der Waals surface area contributed by atoms with Crippen LogP contribution in [0.2, 0.25) is 0 Å². The highest BCUT2D eigenvalue weighted by atomic mass is 32.1. The van der Waals surface area contributed by atoms with Crippen molar-refractivity contribution in [3.05, 3.63) is 45.1 Å². The third kappa shape index (κ3) is 4.60. The quantitative estimate of drug-likeness (QED) is 0.589. The molecule has 0 spiro atoms. The van der Waals surface area contributed by atoms with Gasteiger partial charge in [-0.2, -0.15) is 11.3 Å². The highest BCUT2D eigenvalue weighted by molar-refractivity contribution is 7.16. The van der Waals surface area contributed by atoms with Gasteiger partial charge in [0.25, 0.3) is 5.91 Å². The van der Waals surface area contributed by atoms with Gasteiger partial charge in [-0.25, -0.2) is 4.79 Å². The Morgan fingerprint density at radius 1 is 1.30 bits per heavy atom. The Bertz CT molecular complexity index is 1030. The van der Waals surface area contributed by atoms with E-state index in [1.165, 1.54) is 29.4 Å². The lowest BCUT2D eigenvalue weighted by atomic mass is 10.1. The minimum atomic E-state index is -1.34. The zero-order valence-electron chi connectivity index (χ0n) is 16.6. The lowest BCUT2D eigenvalue weighted by Crippen LogP contribution is -2.56. The van der Waals surface area contributed by atoms with Crippen molar-refractivity contribution >= 4 is 46.4 Å². The van der Waals surface area contributed by atoms with Crippen LogP contribution in [0.4, 0.5) is 4.79 Å². The Kier molecular flexibility index (Phi) is 6.37. The molecule has 0 radical (unpaired) electrons. The van der Waals surface area contributed by atoms with Crippen molar-refractivity contribution in [2.45, 2.75) is 32.4 Å². The molecular formula is C20H21N3O5S2. The molecule has 0 aliphatic carbocycles. The van der Waals surface area contributed by atoms with Gasteiger partial charge in [0.2, 0.25) is 0 Å². The summed E-state index contributed by atoms with van der Waals surface area (Å²) in [5.41, 5.74) is 2.37. The van der Waals surface area contributed by atoms with Gasteiger partial charge in [-0.15, -0.1) is 11.3 Å². The van der Waals surface area contributed by atoms with Crippen LogP contribution in [0, 0.1) is 6.92 Å². The Morgan fingerprint density at radius 2 is 2.03 bits per heavy atom. The van der Waals surface area contributed by atoms with Gasteiger partial charge in [0.05, 0.1) is 12.5 Å². The van der Waals surface area contributed by atoms with E-state index in [1.807, 2.05) is 29.8 Å². The average Bonchev–Trinajstić information content (AvgIpc) is 3.32. The summed E-state index contributed by atoms with van der Waals surface area (Å²) in [6.45, 7) is 3.48. The molecule has 1 unspecified atom stereocenters. The smallest absolute Gasteiger partial charge is 0.316 e. The topological polar surface area (TPSA) is 116 Å². The Morgan fingerprint density at radius 3 is 2.67 bits per heavy atom. The number of carbonyl (C=O) groups is 4. The molecule has 158 valence electrons. The normalized spacial score (nSPS) is 17.5. The number of amides is 3. The van der Waals surface area contributed by atoms with E-state index in [0.29, 0.717) is 10.6 Å². The number of aliphatic carboxylic acids is 1. The molecule has 3 rings (SSSR count). The first kappa shape index (κ1) is 21.7. The number of aryl methyl sites for hydroxylation is 1. The molecule has 1 aliphatic rings. The summed E-state index contributed by atoms with van der Waals surface area (Å²) in [6, 6.07) is 1.00. The number of hydrogen-bond acceptors (Lipinski definition) is 6. The highest BCUT2D eigenvalue weighted by Gasteiger charge is 2.35. The van der Waals surface area contributed by atoms with E-state index in [-0.39, 0.29) is 6.42 Å². The van der Waals surface area contributed by atoms with E-state index in [4.69, 9.17) is 0 Å². The summed E-state index contributed by atoms with van der Waals surface area (Å²) >= 11 is 2.97. The van der Waals surface area contributed by atoms with Crippen molar-refractivity contribution in [1.82, 2.24) is 15.5 Å². The van der Waals surface area contributed by atoms with Gasteiger partial charge in [0, 0.05) is 34.1 Å². The number of allylic oxidation sites excluding steroid dienone is 1. The fraction of sp³-hybridized carbons (Fsp3) is 0.300. The predicted molar refractivity (Wildman–Crippen MR) is 114 cm³/mol. The first-order chi connectivity index (χ1) is 14.2. The van der Waals surface area contributed by atoms with Gasteiger partial charge in [0.1, 0.15) is 0 Å². The first-order valence-corrected chi connectivity index (χ1v) is 10.8. The van der Waals surface area contributed by atoms with Crippen LogP contribution in [-0.4, -0.2) is 46.8 Å². The second kappa shape index (κ2) is 8.80. The van der Waals surface area contributed by atoms with Crippen molar-refractivity contribution in [3.8, 4) is 10.4 Å². The minimum absolute atomic E-state index is 0.330. The zero-order chi connectivity index (χ0) is 22.0. The van der Waals surface area contributed by atoms with Crippen LogP contribution in [-0.2, 0) is 14.4 Å². The molecule has 1 aliphatic heterocycles. The van der Waals surface area contributed by atoms with Crippen molar-refractivity contribution in [2.24, 2.45) is 0 Å². The van der Waals surface area contributed by atoms with Crippen molar-refractivity contribution < 1.29 is 24.3 Å². The fourth-order valence-electron chi connectivity index (χ4n) is 3.11. The van der Waals surface area contributed by atoms with Crippen LogP contribution in [0.1, 0.15) is 29.8 Å². The predicted octanol–water partition coefficient (Wildman–Crippen LogP) is 2.91. The van der Waals surface area contributed by atoms with Crippen LogP contribution < -0.4 is 10.6 Å². The second-order valence-corrected chi connectivity index (χ2v) is 8.82. The average molecular weight is 448 g/mol. The molecule has 2 aromatic heterocycles. The summed E-state index contributed by atoms with van der Waals surface area (Å²) in [5.74, 6) is -2.14. The number of nitrogens with zero attached hydrogens (tertiary/aromatic N) is 1. The molecule has 3 amide bonds. The van der Waals surface area contributed by atoms with Crippen LogP contribution in [0.25, 0.3) is 10.4 Å². The van der Waals surface area contributed by atoms with Gasteiger partial charge in [0.15, 0.2) is 11.8 Å². The molecule has 8 nitrogen and oxygen atoms in total. The van der Waals surface area contributed by atoms with E-state index in [1.54, 1.807) is 18.3 Å². The fourth-order valence-corrected chi connectivity index (χ4v) is 5.06. The van der Waals surface area contributed by atoms with Crippen molar-refractivity contribution in [1.29, 1.82) is 0 Å². The number of thiophene rings is 2. The lowest BCUT2D eigenvalue weighted by Gasteiger charge is -2.28. The first-order valence-electron chi connectivity index (χ1n) is 9.08. The number of nitrogens with one attached hydrogen (secondary N) is 2. The Balaban J connectivity index is 1.79. The summed E-state index contributed by atoms with van der Waals surface area (Å²) in [4.78, 5) is 51.4. The van der Waals surface area contributed by atoms with Gasteiger partial charge in [-0.1, -0.05) is 0 Å². The molecule has 3 heterocycles. The number of hydrogen-bond donors (Lipinski definition) is 3. The number of rotatable bonds is 6. The van der Waals surface area contributed by atoms with E-state index >= 15 is 0 Å². The summed E-state index contributed by atoms with van der Waals surface area (Å²) in [7, 11) is 1.52. The molecule has 0 saturated carbocycles. The zero-order valence-corrected chi connectivity index (χ0v) is 18.2. The maximum atomic E-state index is 12.6. The molecule has 2 atom stereocenters. The summed E-state index contributed by atoms with van der Waals surface area (Å²) in [5, 5.41) is 18.3. The standard InChI is InChI=1S/C20H21N3O5S2/c1-10-6-15(12-4-5-29-9-12)30-18(10)13(8-16(25)26)21-20(28)22-17-14(24)7-11(2)23(3)19(17)27/h4-7,9,13,17H,8H2,1-3H3,(H,25,26)(H2,21,22,28)/t13-,17?/m0/s1. The largest absolute Gasteiger partial charge is 0.481 e. The van der Waals surface area contributed by atoms with E-state index in [2.05, 4.69) is 10.6 Å². The molecule has 0 fully saturated rings. The Hall–Kier alpha value is -2.98. The molecule has 0 saturated heterocycles. The SMILES string of the molecule is CC1=CC(=O)C(NC(=O)N[C@@H](CC(=O)O)c2sc(-c3ccsc3)cc2C)C(=O)N1C. The maximum absolute atomic E-state index is 12.6. The number of carboxylic acids is 1. The summed E-state index contributed by atoms with van der Waals surface area (Å²) < 4.78 is 0. The molecule has 2 aromatic rings. The van der Waals surface area contributed by atoms with E-state index < -0.39 is 35.8 Å². The van der Waals surface area contributed by atoms with E-state index in [9.17, 15) is 24.3 Å². The van der Waals surface area contributed by atoms with Crippen molar-refractivity contribution in [2.75, 3.05) is 7.05 Å². The molecule has 0 bridgehead atoms. The monoisotopic (exact) mass is 447 g/mol. The van der Waals surface area contributed by atoms with Crippen molar-refractivity contribution in [3.63, 3.8) is 0 Å². The molecule has 3 N–H and O–H groups in total. The van der Waals surface area contributed by atoms with Crippen LogP contribution in [0.5, 0.6) is 0 Å². The molecule has 30 heavy (non-hydrogen) atoms. The highest BCUT2D eigenvalue weighted by Crippen LogP contribution is 2.36. The molecule has 10 heteroatoms. The Labute approximate surface area is 181 Å². The molecule has 0 aromatic carbocycles. The number of urea groups is 1. The van der Waals surface area contributed by atoms with Gasteiger partial charge < -0.3 is 20.6 Å². The van der Waals surface area contributed by atoms with E-state index in [0.717, 1.165) is 16.0 Å². The van der Waals surface area contributed by atoms with Crippen LogP contribution in [0.3, 0.4) is 0 Å². The second-order valence-electron chi connectivity index (χ2n) is 6.96. The van der Waals surface area contributed by atoms with Crippen LogP contribution in [0.15, 0.2) is 34.7 Å². The molecular weight excluding hydrogens is 426 g/mol.